The molecule has 4 aromatic rings. The maximum Gasteiger partial charge on any atom is 0.354 e. The highest BCUT2D eigenvalue weighted by atomic mass is 35.5. The van der Waals surface area contributed by atoms with E-state index in [2.05, 4.69) is 15.0 Å². The van der Waals surface area contributed by atoms with Crippen LogP contribution in [-0.4, -0.2) is 39.7 Å². The van der Waals surface area contributed by atoms with E-state index in [0.717, 1.165) is 35.1 Å². The van der Waals surface area contributed by atoms with Crippen molar-refractivity contribution in [3.8, 4) is 16.9 Å². The van der Waals surface area contributed by atoms with Crippen molar-refractivity contribution in [2.75, 3.05) is 13.2 Å². The number of rotatable bonds is 12. The Morgan fingerprint density at radius 1 is 1.15 bits per heavy atom. The fraction of sp³-hybridized carbons (Fsp3) is 0.321. The molecule has 0 aliphatic heterocycles. The van der Waals surface area contributed by atoms with E-state index in [1.807, 2.05) is 6.92 Å². The molecule has 4 rings (SSSR count). The first-order chi connectivity index (χ1) is 19.5. The molecule has 0 amide bonds. The van der Waals surface area contributed by atoms with Crippen LogP contribution in [0.3, 0.4) is 0 Å². The van der Waals surface area contributed by atoms with Crippen LogP contribution in [0, 0.1) is 17.5 Å². The Morgan fingerprint density at radius 2 is 1.88 bits per heavy atom. The molecule has 0 spiro atoms. The van der Waals surface area contributed by atoms with Crippen LogP contribution in [0.2, 0.25) is 5.02 Å². The number of nitrogens with two attached hydrogens (primary N) is 3. The fourth-order valence-electron chi connectivity index (χ4n) is 4.35. The molecule has 13 heteroatoms. The van der Waals surface area contributed by atoms with Crippen LogP contribution in [0.1, 0.15) is 37.3 Å². The van der Waals surface area contributed by atoms with Gasteiger partial charge in [0.05, 0.1) is 23.0 Å². The maximum atomic E-state index is 15.0. The van der Waals surface area contributed by atoms with Crippen molar-refractivity contribution in [3.05, 3.63) is 80.6 Å². The first-order valence-corrected chi connectivity index (χ1v) is 13.4. The molecule has 2 heterocycles. The van der Waals surface area contributed by atoms with Crippen molar-refractivity contribution in [1.82, 2.24) is 14.5 Å². The zero-order valence-electron chi connectivity index (χ0n) is 22.4. The number of H-pyrrole nitrogens is 1. The lowest BCUT2D eigenvalue weighted by molar-refractivity contribution is 0.115. The largest absolute Gasteiger partial charge is 0.376 e. The Kier molecular flexibility index (Phi) is 9.69. The number of aryl methyl sites for hydroxylation is 1. The molecule has 0 aliphatic carbocycles. The Balaban J connectivity index is 1.58. The van der Waals surface area contributed by atoms with Gasteiger partial charge in [-0.3, -0.25) is 9.56 Å². The normalized spacial score (nSPS) is 12.1. The molecule has 9 nitrogen and oxygen atoms in total. The van der Waals surface area contributed by atoms with E-state index in [1.165, 1.54) is 6.20 Å². The third kappa shape index (κ3) is 7.46. The monoisotopic (exact) mass is 589 g/mol. The number of hydrogen-bond donors (Lipinski definition) is 4. The van der Waals surface area contributed by atoms with Gasteiger partial charge < -0.3 is 26.9 Å². The van der Waals surface area contributed by atoms with Crippen LogP contribution in [0.25, 0.3) is 28.0 Å². The molecule has 1 unspecified atom stereocenters. The number of halogens is 4. The van der Waals surface area contributed by atoms with E-state index in [1.54, 1.807) is 18.2 Å². The summed E-state index contributed by atoms with van der Waals surface area (Å²) in [6.45, 7) is 2.12. The average Bonchev–Trinajstić information content (AvgIpc) is 3.30. The van der Waals surface area contributed by atoms with Gasteiger partial charge in [-0.15, -0.1) is 0 Å². The highest BCUT2D eigenvalue weighted by molar-refractivity contribution is 6.31. The van der Waals surface area contributed by atoms with Gasteiger partial charge in [0, 0.05) is 41.9 Å². The number of nitrogens with zero attached hydrogens (tertiary/aromatic N) is 3. The lowest BCUT2D eigenvalue weighted by Gasteiger charge is -2.10. The molecule has 0 fully saturated rings. The Morgan fingerprint density at radius 3 is 2.56 bits per heavy atom. The van der Waals surface area contributed by atoms with Gasteiger partial charge in [0.25, 0.3) is 0 Å². The van der Waals surface area contributed by atoms with Crippen LogP contribution >= 0.6 is 11.6 Å². The molecule has 41 heavy (non-hydrogen) atoms. The molecule has 1 atom stereocenters. The second-order valence-electron chi connectivity index (χ2n) is 9.79. The fourth-order valence-corrected chi connectivity index (χ4v) is 4.60. The van der Waals surface area contributed by atoms with E-state index in [9.17, 15) is 13.6 Å². The lowest BCUT2D eigenvalue weighted by atomic mass is 10.0. The first-order valence-electron chi connectivity index (χ1n) is 13.0. The number of aromatic nitrogens is 3. The molecule has 0 saturated heterocycles. The van der Waals surface area contributed by atoms with Crippen molar-refractivity contribution in [2.24, 2.45) is 22.2 Å². The number of aliphatic imine (C=N–C) groups is 1. The lowest BCUT2D eigenvalue weighted by Crippen LogP contribution is -2.23. The number of aromatic amines is 1. The summed E-state index contributed by atoms with van der Waals surface area (Å²) in [7, 11) is 0. The molecule has 0 aliphatic rings. The van der Waals surface area contributed by atoms with Gasteiger partial charge in [0.2, 0.25) is 0 Å². The molecule has 2 aromatic heterocycles. The molecule has 218 valence electrons. The summed E-state index contributed by atoms with van der Waals surface area (Å²) in [6, 6.07) is 6.96. The quantitative estimate of drug-likeness (QED) is 0.110. The van der Waals surface area contributed by atoms with Crippen molar-refractivity contribution < 1.29 is 17.9 Å². The molecule has 0 bridgehead atoms. The topological polar surface area (TPSA) is 150 Å². The maximum absolute atomic E-state index is 15.0. The van der Waals surface area contributed by atoms with Crippen molar-refractivity contribution >= 4 is 28.6 Å². The predicted octanol–water partition coefficient (Wildman–Crippen LogP) is 4.30. The Hall–Kier alpha value is -3.87. The van der Waals surface area contributed by atoms with Gasteiger partial charge in [-0.1, -0.05) is 11.6 Å². The summed E-state index contributed by atoms with van der Waals surface area (Å²) in [5.74, 6) is -2.44. The molecule has 0 saturated carbocycles. The number of hydrogen-bond acceptors (Lipinski definition) is 5. The van der Waals surface area contributed by atoms with Crippen molar-refractivity contribution in [1.29, 1.82) is 0 Å². The van der Waals surface area contributed by atoms with Crippen LogP contribution in [-0.2, 0) is 17.8 Å². The molecular weight excluding hydrogens is 559 g/mol. The zero-order valence-corrected chi connectivity index (χ0v) is 23.1. The first kappa shape index (κ1) is 30.1. The van der Waals surface area contributed by atoms with Crippen LogP contribution in [0.5, 0.6) is 0 Å². The number of fused-ring (bicyclic) bond motifs is 1. The zero-order chi connectivity index (χ0) is 29.7. The van der Waals surface area contributed by atoms with E-state index in [4.69, 9.17) is 33.5 Å². The number of nitrogens with one attached hydrogen (secondary N) is 1. The molecule has 0 radical (unpaired) electrons. The van der Waals surface area contributed by atoms with Gasteiger partial charge in [-0.2, -0.15) is 4.98 Å². The number of benzene rings is 2. The second-order valence-corrected chi connectivity index (χ2v) is 10.2. The summed E-state index contributed by atoms with van der Waals surface area (Å²) in [5.41, 5.74) is 16.8. The van der Waals surface area contributed by atoms with Gasteiger partial charge in [0.1, 0.15) is 17.3 Å². The van der Waals surface area contributed by atoms with E-state index in [-0.39, 0.29) is 52.7 Å². The molecule has 7 N–H and O–H groups in total. The van der Waals surface area contributed by atoms with Crippen LogP contribution in [0.4, 0.5) is 13.2 Å². The highest BCUT2D eigenvalue weighted by Crippen LogP contribution is 2.31. The van der Waals surface area contributed by atoms with Crippen LogP contribution in [0.15, 0.2) is 46.3 Å². The summed E-state index contributed by atoms with van der Waals surface area (Å²) in [6.07, 6.45) is 4.12. The third-order valence-electron chi connectivity index (χ3n) is 6.40. The Bertz CT molecular complexity index is 1610. The van der Waals surface area contributed by atoms with Crippen molar-refractivity contribution in [2.45, 2.75) is 45.3 Å². The van der Waals surface area contributed by atoms with E-state index < -0.39 is 23.1 Å². The van der Waals surface area contributed by atoms with Gasteiger partial charge >= 0.3 is 5.69 Å². The minimum absolute atomic E-state index is 0.0340. The van der Waals surface area contributed by atoms with Gasteiger partial charge in [-0.05, 0) is 68.5 Å². The number of ether oxygens (including phenoxy) is 1. The summed E-state index contributed by atoms with van der Waals surface area (Å²) in [5, 5.41) is 0.389. The minimum Gasteiger partial charge on any atom is -0.376 e. The standard InChI is InChI=1S/C28H31ClF3N7O2/c1-15(33)4-2-5-16-8-19(25(32)21(29)9-16)24-10-17-13-39(28(40)38-26(17)37-24)18-11-22(30)20(23(31)12-18)14-41-7-3-6-36-27(34)35/h8-13,15H,2-7,14,33H2,1H3,(H4,34,35,36)(H,37,38,40). The second kappa shape index (κ2) is 13.2. The van der Waals surface area contributed by atoms with E-state index in [0.29, 0.717) is 30.5 Å². The molecular formula is C28H31ClF3N7O2. The van der Waals surface area contributed by atoms with Gasteiger partial charge in [0.15, 0.2) is 11.8 Å². The predicted molar refractivity (Wildman–Crippen MR) is 154 cm³/mol. The number of guanidine groups is 1. The summed E-state index contributed by atoms with van der Waals surface area (Å²) < 4.78 is 51.0. The van der Waals surface area contributed by atoms with Gasteiger partial charge in [-0.25, -0.2) is 18.0 Å². The van der Waals surface area contributed by atoms with Crippen molar-refractivity contribution in [3.63, 3.8) is 0 Å². The minimum atomic E-state index is -0.886. The molecule has 2 aromatic carbocycles. The average molecular weight is 590 g/mol. The summed E-state index contributed by atoms with van der Waals surface area (Å²) in [4.78, 5) is 23.5. The highest BCUT2D eigenvalue weighted by Gasteiger charge is 2.17. The smallest absolute Gasteiger partial charge is 0.354 e. The SMILES string of the molecule is CC(N)CCCc1cc(Cl)c(F)c(-c2cc3cn(-c4cc(F)c(COCCCN=C(N)N)c(F)c4)c(=O)nc3[nH]2)c1. The van der Waals surface area contributed by atoms with E-state index >= 15 is 4.39 Å². The van der Waals surface area contributed by atoms with Crippen LogP contribution < -0.4 is 22.9 Å². The summed E-state index contributed by atoms with van der Waals surface area (Å²) >= 11 is 6.17. The Labute approximate surface area is 239 Å². The third-order valence-corrected chi connectivity index (χ3v) is 6.68.